The highest BCUT2D eigenvalue weighted by atomic mass is 35.5. The molecular formula is C22H25ClN2O5. The fraction of sp³-hybridized carbons (Fsp3) is 0.318. The molecule has 0 saturated carbocycles. The summed E-state index contributed by atoms with van der Waals surface area (Å²) in [6.07, 6.45) is -0.668. The molecule has 0 bridgehead atoms. The molecule has 160 valence electrons. The normalized spacial score (nSPS) is 12.7. The predicted molar refractivity (Wildman–Crippen MR) is 113 cm³/mol. The Morgan fingerprint density at radius 3 is 2.17 bits per heavy atom. The Morgan fingerprint density at radius 1 is 0.967 bits per heavy atom. The van der Waals surface area contributed by atoms with E-state index in [1.54, 1.807) is 38.1 Å². The van der Waals surface area contributed by atoms with Gasteiger partial charge in [-0.15, -0.1) is 0 Å². The van der Waals surface area contributed by atoms with Crippen molar-refractivity contribution in [1.82, 2.24) is 10.6 Å². The molecule has 0 aliphatic heterocycles. The highest BCUT2D eigenvalue weighted by Gasteiger charge is 2.29. The van der Waals surface area contributed by atoms with E-state index in [2.05, 4.69) is 10.6 Å². The van der Waals surface area contributed by atoms with E-state index in [1.807, 2.05) is 30.3 Å². The second-order valence-electron chi connectivity index (χ2n) is 7.16. The van der Waals surface area contributed by atoms with Crippen LogP contribution in [0, 0.1) is 5.92 Å². The molecule has 0 fully saturated rings. The number of nitrogens with one attached hydrogen (secondary N) is 2. The second-order valence-corrected chi connectivity index (χ2v) is 7.59. The molecule has 0 radical (unpaired) electrons. The van der Waals surface area contributed by atoms with Gasteiger partial charge in [-0.05, 0) is 29.2 Å². The second kappa shape index (κ2) is 11.2. The van der Waals surface area contributed by atoms with Crippen molar-refractivity contribution >= 4 is 29.6 Å². The first-order chi connectivity index (χ1) is 14.3. The number of halogens is 1. The average Bonchev–Trinajstić information content (AvgIpc) is 2.71. The van der Waals surface area contributed by atoms with Crippen LogP contribution in [0.4, 0.5) is 4.79 Å². The average molecular weight is 433 g/mol. The van der Waals surface area contributed by atoms with Crippen LogP contribution >= 0.6 is 11.6 Å². The van der Waals surface area contributed by atoms with E-state index < -0.39 is 30.1 Å². The van der Waals surface area contributed by atoms with E-state index in [0.29, 0.717) is 10.6 Å². The number of ether oxygens (including phenoxy) is 1. The van der Waals surface area contributed by atoms with Gasteiger partial charge < -0.3 is 20.5 Å². The van der Waals surface area contributed by atoms with Gasteiger partial charge in [0.1, 0.15) is 18.7 Å². The Hall–Kier alpha value is -3.06. The highest BCUT2D eigenvalue weighted by Crippen LogP contribution is 2.12. The summed E-state index contributed by atoms with van der Waals surface area (Å²) < 4.78 is 5.16. The van der Waals surface area contributed by atoms with Crippen molar-refractivity contribution in [1.29, 1.82) is 0 Å². The van der Waals surface area contributed by atoms with Crippen LogP contribution in [0.15, 0.2) is 54.6 Å². The number of rotatable bonds is 9. The topological polar surface area (TPSA) is 105 Å². The fourth-order valence-corrected chi connectivity index (χ4v) is 2.87. The maximum absolute atomic E-state index is 12.7. The lowest BCUT2D eigenvalue weighted by molar-refractivity contribution is -0.142. The molecule has 7 nitrogen and oxygen atoms in total. The van der Waals surface area contributed by atoms with Crippen LogP contribution in [0.2, 0.25) is 5.02 Å². The number of aliphatic carboxylic acids is 1. The zero-order valence-corrected chi connectivity index (χ0v) is 17.6. The molecule has 0 spiro atoms. The van der Waals surface area contributed by atoms with E-state index in [4.69, 9.17) is 16.3 Å². The van der Waals surface area contributed by atoms with Gasteiger partial charge in [-0.3, -0.25) is 4.79 Å². The Kier molecular flexibility index (Phi) is 8.68. The van der Waals surface area contributed by atoms with Crippen molar-refractivity contribution in [3.8, 4) is 0 Å². The van der Waals surface area contributed by atoms with Crippen molar-refractivity contribution in [2.45, 2.75) is 39.0 Å². The first-order valence-corrected chi connectivity index (χ1v) is 9.89. The van der Waals surface area contributed by atoms with E-state index in [1.165, 1.54) is 0 Å². The maximum Gasteiger partial charge on any atom is 0.408 e. The molecular weight excluding hydrogens is 408 g/mol. The summed E-state index contributed by atoms with van der Waals surface area (Å²) in [7, 11) is 0. The molecule has 8 heteroatoms. The summed E-state index contributed by atoms with van der Waals surface area (Å²) in [4.78, 5) is 36.5. The number of benzene rings is 2. The van der Waals surface area contributed by atoms with Gasteiger partial charge in [0.2, 0.25) is 5.91 Å². The van der Waals surface area contributed by atoms with Gasteiger partial charge in [0.15, 0.2) is 0 Å². The van der Waals surface area contributed by atoms with Crippen LogP contribution in [0.5, 0.6) is 0 Å². The monoisotopic (exact) mass is 432 g/mol. The van der Waals surface area contributed by atoms with Gasteiger partial charge in [0.25, 0.3) is 0 Å². The van der Waals surface area contributed by atoms with Crippen LogP contribution in [-0.4, -0.2) is 35.2 Å². The molecule has 2 aromatic carbocycles. The Morgan fingerprint density at radius 2 is 1.60 bits per heavy atom. The fourth-order valence-electron chi connectivity index (χ4n) is 2.74. The SMILES string of the molecule is CC(C)[C@H](NC(=O)OCc1ccccc1)C(=O)N[C@@H](Cc1ccc(Cl)cc1)C(=O)O. The number of carboxylic acids is 1. The maximum atomic E-state index is 12.7. The molecule has 30 heavy (non-hydrogen) atoms. The third-order valence-electron chi connectivity index (χ3n) is 4.40. The Bertz CT molecular complexity index is 856. The lowest BCUT2D eigenvalue weighted by Gasteiger charge is -2.24. The van der Waals surface area contributed by atoms with Crippen molar-refractivity contribution in [3.05, 3.63) is 70.7 Å². The molecule has 2 atom stereocenters. The van der Waals surface area contributed by atoms with Crippen molar-refractivity contribution in [2.75, 3.05) is 0 Å². The van der Waals surface area contributed by atoms with Gasteiger partial charge in [-0.1, -0.05) is 67.9 Å². The molecule has 0 aromatic heterocycles. The summed E-state index contributed by atoms with van der Waals surface area (Å²) in [5.41, 5.74) is 1.52. The molecule has 0 saturated heterocycles. The minimum atomic E-state index is -1.17. The summed E-state index contributed by atoms with van der Waals surface area (Å²) in [6.45, 7) is 3.56. The third-order valence-corrected chi connectivity index (χ3v) is 4.65. The first kappa shape index (κ1) is 23.2. The number of carbonyl (C=O) groups excluding carboxylic acids is 2. The summed E-state index contributed by atoms with van der Waals surface area (Å²) >= 11 is 5.85. The van der Waals surface area contributed by atoms with E-state index in [-0.39, 0.29) is 18.9 Å². The van der Waals surface area contributed by atoms with Gasteiger partial charge in [0, 0.05) is 11.4 Å². The third kappa shape index (κ3) is 7.40. The number of carbonyl (C=O) groups is 3. The van der Waals surface area contributed by atoms with Gasteiger partial charge >= 0.3 is 12.1 Å². The minimum absolute atomic E-state index is 0.0629. The van der Waals surface area contributed by atoms with Gasteiger partial charge in [0.05, 0.1) is 0 Å². The lowest BCUT2D eigenvalue weighted by atomic mass is 10.0. The van der Waals surface area contributed by atoms with Crippen molar-refractivity contribution in [3.63, 3.8) is 0 Å². The number of hydrogen-bond donors (Lipinski definition) is 3. The smallest absolute Gasteiger partial charge is 0.408 e. The number of amides is 2. The van der Waals surface area contributed by atoms with Crippen molar-refractivity contribution < 1.29 is 24.2 Å². The van der Waals surface area contributed by atoms with Gasteiger partial charge in [-0.2, -0.15) is 0 Å². The summed E-state index contributed by atoms with van der Waals surface area (Å²) in [5, 5.41) is 15.0. The summed E-state index contributed by atoms with van der Waals surface area (Å²) in [6, 6.07) is 13.7. The van der Waals surface area contributed by atoms with Crippen molar-refractivity contribution in [2.24, 2.45) is 5.92 Å². The zero-order valence-electron chi connectivity index (χ0n) is 16.8. The van der Waals surface area contributed by atoms with Crippen LogP contribution in [-0.2, 0) is 27.4 Å². The molecule has 2 rings (SSSR count). The zero-order chi connectivity index (χ0) is 22.1. The molecule has 2 amide bonds. The molecule has 0 aliphatic rings. The van der Waals surface area contributed by atoms with Crippen LogP contribution in [0.25, 0.3) is 0 Å². The molecule has 2 aromatic rings. The number of hydrogen-bond acceptors (Lipinski definition) is 4. The number of alkyl carbamates (subject to hydrolysis) is 1. The van der Waals surface area contributed by atoms with Crippen LogP contribution < -0.4 is 10.6 Å². The molecule has 0 aliphatic carbocycles. The van der Waals surface area contributed by atoms with Gasteiger partial charge in [-0.25, -0.2) is 9.59 Å². The van der Waals surface area contributed by atoms with E-state index in [9.17, 15) is 19.5 Å². The predicted octanol–water partition coefficient (Wildman–Crippen LogP) is 3.40. The number of carboxylic acid groups (broad SMARTS) is 1. The summed E-state index contributed by atoms with van der Waals surface area (Å²) in [5.74, 6) is -2.05. The quantitative estimate of drug-likeness (QED) is 0.563. The molecule has 0 unspecified atom stereocenters. The standard InChI is InChI=1S/C22H25ClN2O5/c1-14(2)19(25-22(29)30-13-16-6-4-3-5-7-16)20(26)24-18(21(27)28)12-15-8-10-17(23)11-9-15/h3-11,14,18-19H,12-13H2,1-2H3,(H,24,26)(H,25,29)(H,27,28)/t18-,19-/m0/s1. The van der Waals surface area contributed by atoms with E-state index in [0.717, 1.165) is 5.56 Å². The largest absolute Gasteiger partial charge is 0.480 e. The molecule has 3 N–H and O–H groups in total. The van der Waals surface area contributed by atoms with Crippen LogP contribution in [0.1, 0.15) is 25.0 Å². The minimum Gasteiger partial charge on any atom is -0.480 e. The van der Waals surface area contributed by atoms with Crippen LogP contribution in [0.3, 0.4) is 0 Å². The van der Waals surface area contributed by atoms with E-state index >= 15 is 0 Å². The Labute approximate surface area is 180 Å². The Balaban J connectivity index is 1.97. The highest BCUT2D eigenvalue weighted by molar-refractivity contribution is 6.30. The first-order valence-electron chi connectivity index (χ1n) is 9.51. The molecule has 0 heterocycles. The lowest BCUT2D eigenvalue weighted by Crippen LogP contribution is -2.54.